The molecule has 0 saturated carbocycles. The molecule has 2 rings (SSSR count). The number of nitrogens with zero attached hydrogens (tertiary/aromatic N) is 2. The van der Waals surface area contributed by atoms with Crippen LogP contribution in [0.4, 0.5) is 4.79 Å². The fourth-order valence-corrected chi connectivity index (χ4v) is 3.68. The molecule has 1 N–H and O–H groups in total. The molecular weight excluding hydrogens is 402 g/mol. The molecule has 0 aromatic heterocycles. The summed E-state index contributed by atoms with van der Waals surface area (Å²) in [7, 11) is 3.05. The van der Waals surface area contributed by atoms with Crippen LogP contribution in [0.1, 0.15) is 5.56 Å². The lowest BCUT2D eigenvalue weighted by Gasteiger charge is -2.12. The van der Waals surface area contributed by atoms with Crippen molar-refractivity contribution in [3.63, 3.8) is 0 Å². The van der Waals surface area contributed by atoms with Gasteiger partial charge in [0.1, 0.15) is 0 Å². The predicted molar refractivity (Wildman–Crippen MR) is 108 cm³/mol. The van der Waals surface area contributed by atoms with Gasteiger partial charge in [0.2, 0.25) is 5.91 Å². The summed E-state index contributed by atoms with van der Waals surface area (Å²) >= 11 is 2.05. The number of hydrogen-bond donors (Lipinski definition) is 1. The highest BCUT2D eigenvalue weighted by Crippen LogP contribution is 2.34. The Morgan fingerprint density at radius 1 is 1.32 bits per heavy atom. The molecule has 0 radical (unpaired) electrons. The molecule has 0 spiro atoms. The van der Waals surface area contributed by atoms with E-state index in [9.17, 15) is 14.4 Å². The number of imide groups is 1. The van der Waals surface area contributed by atoms with Crippen LogP contribution in [0.3, 0.4) is 0 Å². The Morgan fingerprint density at radius 3 is 2.75 bits per heavy atom. The van der Waals surface area contributed by atoms with Crippen LogP contribution in [0.2, 0.25) is 0 Å². The van der Waals surface area contributed by atoms with Crippen molar-refractivity contribution in [2.24, 2.45) is 0 Å². The zero-order valence-corrected chi connectivity index (χ0v) is 17.0. The lowest BCUT2D eigenvalue weighted by Crippen LogP contribution is -2.37. The van der Waals surface area contributed by atoms with Crippen LogP contribution < -0.4 is 14.8 Å². The molecule has 1 aliphatic heterocycles. The molecule has 0 atom stereocenters. The molecule has 0 unspecified atom stereocenters. The summed E-state index contributed by atoms with van der Waals surface area (Å²) in [5, 5.41) is 10.7. The monoisotopic (exact) mass is 421 g/mol. The average molecular weight is 422 g/mol. The van der Waals surface area contributed by atoms with Crippen LogP contribution in [0, 0.1) is 11.3 Å². The second-order valence-electron chi connectivity index (χ2n) is 5.45. The van der Waals surface area contributed by atoms with E-state index in [-0.39, 0.29) is 35.7 Å². The highest BCUT2D eigenvalue weighted by atomic mass is 32.2. The first-order valence-electron chi connectivity index (χ1n) is 8.19. The number of benzene rings is 1. The van der Waals surface area contributed by atoms with Crippen LogP contribution in [-0.2, 0) is 9.59 Å². The maximum atomic E-state index is 12.5. The zero-order valence-electron chi connectivity index (χ0n) is 15.4. The Morgan fingerprint density at radius 2 is 2.07 bits per heavy atom. The lowest BCUT2D eigenvalue weighted by atomic mass is 10.2. The fraction of sp³-hybridized carbons (Fsp3) is 0.333. The van der Waals surface area contributed by atoms with Gasteiger partial charge in [-0.05, 0) is 35.5 Å². The average Bonchev–Trinajstić information content (AvgIpc) is 2.95. The first-order valence-corrected chi connectivity index (χ1v) is 10.2. The van der Waals surface area contributed by atoms with Crippen LogP contribution >= 0.6 is 23.5 Å². The summed E-state index contributed by atoms with van der Waals surface area (Å²) < 4.78 is 10.4. The summed E-state index contributed by atoms with van der Waals surface area (Å²) in [5.41, 5.74) is 0.700. The standard InChI is InChI=1S/C18H19N3O5S2/c1-25-13-4-3-12(9-14(13)26-2)10-15-17(23)21(18(24)28-15)7-6-20-16(22)11-27-8-5-19/h3-4,9-10H,6-8,11H2,1-2H3,(H,20,22)/b15-10-. The summed E-state index contributed by atoms with van der Waals surface area (Å²) in [4.78, 5) is 37.6. The molecule has 0 aliphatic carbocycles. The van der Waals surface area contributed by atoms with Crippen molar-refractivity contribution >= 4 is 46.7 Å². The first-order chi connectivity index (χ1) is 13.5. The van der Waals surface area contributed by atoms with Crippen molar-refractivity contribution in [1.29, 1.82) is 5.26 Å². The number of nitriles is 1. The van der Waals surface area contributed by atoms with E-state index >= 15 is 0 Å². The van der Waals surface area contributed by atoms with Gasteiger partial charge in [-0.25, -0.2) is 0 Å². The molecule has 1 heterocycles. The predicted octanol–water partition coefficient (Wildman–Crippen LogP) is 2.11. The number of rotatable bonds is 9. The van der Waals surface area contributed by atoms with Gasteiger partial charge in [0, 0.05) is 13.1 Å². The minimum Gasteiger partial charge on any atom is -0.493 e. The van der Waals surface area contributed by atoms with E-state index in [1.54, 1.807) is 24.3 Å². The van der Waals surface area contributed by atoms with Crippen LogP contribution in [0.25, 0.3) is 6.08 Å². The van der Waals surface area contributed by atoms with Crippen molar-refractivity contribution < 1.29 is 23.9 Å². The molecular formula is C18H19N3O5S2. The van der Waals surface area contributed by atoms with E-state index in [0.717, 1.165) is 16.7 Å². The Labute approximate surface area is 171 Å². The van der Waals surface area contributed by atoms with Gasteiger partial charge < -0.3 is 14.8 Å². The molecule has 1 aromatic carbocycles. The van der Waals surface area contributed by atoms with Crippen molar-refractivity contribution in [3.05, 3.63) is 28.7 Å². The second-order valence-corrected chi connectivity index (χ2v) is 7.43. The zero-order chi connectivity index (χ0) is 20.5. The minimum atomic E-state index is -0.405. The molecule has 1 saturated heterocycles. The molecule has 1 aromatic rings. The van der Waals surface area contributed by atoms with Crippen molar-refractivity contribution in [2.75, 3.05) is 38.8 Å². The van der Waals surface area contributed by atoms with Crippen LogP contribution in [-0.4, -0.2) is 60.8 Å². The molecule has 148 valence electrons. The highest BCUT2D eigenvalue weighted by Gasteiger charge is 2.34. The first kappa shape index (κ1) is 21.7. The van der Waals surface area contributed by atoms with E-state index < -0.39 is 5.91 Å². The number of hydrogen-bond acceptors (Lipinski definition) is 8. The van der Waals surface area contributed by atoms with Gasteiger partial charge in [-0.15, -0.1) is 11.8 Å². The van der Waals surface area contributed by atoms with Gasteiger partial charge in [0.15, 0.2) is 11.5 Å². The van der Waals surface area contributed by atoms with E-state index in [1.165, 1.54) is 26.0 Å². The fourth-order valence-electron chi connectivity index (χ4n) is 2.33. The van der Waals surface area contributed by atoms with Gasteiger partial charge in [-0.2, -0.15) is 5.26 Å². The number of carbonyl (C=O) groups is 3. The molecule has 28 heavy (non-hydrogen) atoms. The van der Waals surface area contributed by atoms with E-state index in [2.05, 4.69) is 5.32 Å². The molecule has 1 fully saturated rings. The molecule has 3 amide bonds. The van der Waals surface area contributed by atoms with Gasteiger partial charge >= 0.3 is 0 Å². The third-order valence-corrected chi connectivity index (χ3v) is 5.34. The number of carbonyl (C=O) groups excluding carboxylic acids is 3. The third kappa shape index (κ3) is 5.68. The Kier molecular flexibility index (Phi) is 8.22. The van der Waals surface area contributed by atoms with Crippen LogP contribution in [0.15, 0.2) is 23.1 Å². The second kappa shape index (κ2) is 10.6. The Bertz CT molecular complexity index is 835. The van der Waals surface area contributed by atoms with Gasteiger partial charge in [0.05, 0.1) is 36.7 Å². The van der Waals surface area contributed by atoms with Crippen molar-refractivity contribution in [2.45, 2.75) is 0 Å². The summed E-state index contributed by atoms with van der Waals surface area (Å²) in [6, 6.07) is 7.13. The topological polar surface area (TPSA) is 109 Å². The SMILES string of the molecule is COc1ccc(/C=C2\SC(=O)N(CCNC(=O)CSCC#N)C2=O)cc1OC. The number of thioether (sulfide) groups is 2. The highest BCUT2D eigenvalue weighted by molar-refractivity contribution is 8.18. The number of nitrogens with one attached hydrogen (secondary N) is 1. The number of amides is 3. The Hall–Kier alpha value is -2.64. The molecule has 1 aliphatic rings. The largest absolute Gasteiger partial charge is 0.493 e. The number of methoxy groups -OCH3 is 2. The smallest absolute Gasteiger partial charge is 0.293 e. The summed E-state index contributed by atoms with van der Waals surface area (Å²) in [6.45, 7) is 0.246. The van der Waals surface area contributed by atoms with E-state index in [4.69, 9.17) is 14.7 Å². The van der Waals surface area contributed by atoms with Crippen molar-refractivity contribution in [1.82, 2.24) is 10.2 Å². The quantitative estimate of drug-likeness (QED) is 0.477. The third-order valence-electron chi connectivity index (χ3n) is 3.64. The summed E-state index contributed by atoms with van der Waals surface area (Å²) in [5.74, 6) is 0.835. The number of ether oxygens (including phenoxy) is 2. The lowest BCUT2D eigenvalue weighted by molar-refractivity contribution is -0.123. The maximum absolute atomic E-state index is 12.5. The van der Waals surface area contributed by atoms with Gasteiger partial charge in [0.25, 0.3) is 11.1 Å². The normalized spacial score (nSPS) is 14.9. The molecule has 0 bridgehead atoms. The van der Waals surface area contributed by atoms with Crippen molar-refractivity contribution in [3.8, 4) is 17.6 Å². The maximum Gasteiger partial charge on any atom is 0.293 e. The van der Waals surface area contributed by atoms with Gasteiger partial charge in [-0.3, -0.25) is 19.3 Å². The van der Waals surface area contributed by atoms with Crippen LogP contribution in [0.5, 0.6) is 11.5 Å². The van der Waals surface area contributed by atoms with E-state index in [1.807, 2.05) is 6.07 Å². The van der Waals surface area contributed by atoms with E-state index in [0.29, 0.717) is 22.0 Å². The minimum absolute atomic E-state index is 0.0859. The van der Waals surface area contributed by atoms with Gasteiger partial charge in [-0.1, -0.05) is 6.07 Å². The summed E-state index contributed by atoms with van der Waals surface area (Å²) in [6.07, 6.45) is 1.62. The molecule has 10 heteroatoms. The Balaban J connectivity index is 1.96. The molecule has 8 nitrogen and oxygen atoms in total.